The van der Waals surface area contributed by atoms with Crippen molar-refractivity contribution in [2.75, 3.05) is 13.1 Å². The maximum Gasteiger partial charge on any atom is -0.00775 e. The van der Waals surface area contributed by atoms with Gasteiger partial charge in [-0.2, -0.15) is 0 Å². The Morgan fingerprint density at radius 1 is 1.20 bits per heavy atom. The average molecular weight is 188 g/mol. The highest BCUT2D eigenvalue weighted by Gasteiger charge is 1.62. The molecule has 0 radical (unpaired) electrons. The third-order valence-electron chi connectivity index (χ3n) is 0.500. The summed E-state index contributed by atoms with van der Waals surface area (Å²) < 4.78 is 0. The maximum absolute atomic E-state index is 3.36. The van der Waals surface area contributed by atoms with Crippen LogP contribution in [0.25, 0.3) is 0 Å². The molecule has 0 bridgehead atoms. The molecule has 1 N–H and O–H groups in total. The van der Waals surface area contributed by atoms with E-state index in [2.05, 4.69) is 25.7 Å². The fraction of sp³-hybridized carbons (Fsp3) is 0.714. The second kappa shape index (κ2) is 34.7. The summed E-state index contributed by atoms with van der Waals surface area (Å²) in [5, 5.41) is 3.11. The molecule has 0 aromatic heterocycles. The smallest absolute Gasteiger partial charge is 0.00775 e. The Hall–Kier alpha value is 0.280. The first kappa shape index (κ1) is 22.4. The zero-order valence-electron chi connectivity index (χ0n) is 7.02. The van der Waals surface area contributed by atoms with Gasteiger partial charge in [0.25, 0.3) is 0 Å². The predicted octanol–water partition coefficient (Wildman–Crippen LogP) is 2.65. The van der Waals surface area contributed by atoms with Crippen LogP contribution in [0.4, 0.5) is 0 Å². The lowest BCUT2D eigenvalue weighted by atomic mass is 10.7. The van der Waals surface area contributed by atoms with Crippen molar-refractivity contribution in [2.24, 2.45) is 0 Å². The molecule has 1 nitrogen and oxygen atoms in total. The highest BCUT2D eigenvalue weighted by molar-refractivity contribution is 5.85. The van der Waals surface area contributed by atoms with Gasteiger partial charge in [-0.05, 0) is 20.0 Å². The van der Waals surface area contributed by atoms with E-state index in [4.69, 9.17) is 0 Å². The zero-order valence-corrected chi connectivity index (χ0v) is 8.65. The summed E-state index contributed by atoms with van der Waals surface area (Å²) in [5.41, 5.74) is 0. The Labute approximate surface area is 77.1 Å². The van der Waals surface area contributed by atoms with Crippen LogP contribution in [0, 0.1) is 0 Å². The van der Waals surface area contributed by atoms with Gasteiger partial charge in [0.05, 0.1) is 0 Å². The highest BCUT2D eigenvalue weighted by Crippen LogP contribution is 1.47. The van der Waals surface area contributed by atoms with Gasteiger partial charge in [0.15, 0.2) is 0 Å². The molecule has 0 rings (SSSR count). The molecule has 0 amide bonds. The second-order valence-corrected chi connectivity index (χ2v) is 1.37. The summed E-state index contributed by atoms with van der Waals surface area (Å²) in [6, 6.07) is 0. The first-order chi connectivity index (χ1) is 3.83. The average Bonchev–Trinajstić information content (AvgIpc) is 1.71. The molecule has 0 aliphatic rings. The number of rotatable bonds is 2. The Morgan fingerprint density at radius 2 is 1.40 bits per heavy atom. The van der Waals surface area contributed by atoms with Gasteiger partial charge in [0, 0.05) is 0 Å². The summed E-state index contributed by atoms with van der Waals surface area (Å²) in [7, 11) is 0. The zero-order chi connectivity index (χ0) is 6.83. The van der Waals surface area contributed by atoms with Crippen LogP contribution in [0.2, 0.25) is 0 Å². The third kappa shape index (κ3) is 84.4. The Kier molecular flexibility index (Phi) is 78.0. The first-order valence-electron chi connectivity index (χ1n) is 3.11. The van der Waals surface area contributed by atoms with Crippen molar-refractivity contribution >= 4 is 24.8 Å². The van der Waals surface area contributed by atoms with Crippen LogP contribution >= 0.6 is 24.8 Å². The predicted molar refractivity (Wildman–Crippen MR) is 54.6 cm³/mol. The lowest BCUT2D eigenvalue weighted by molar-refractivity contribution is 0.762. The summed E-state index contributed by atoms with van der Waals surface area (Å²) in [6.45, 7) is 11.6. The van der Waals surface area contributed by atoms with Gasteiger partial charge in [-0.25, -0.2) is 0 Å². The molecule has 66 valence electrons. The van der Waals surface area contributed by atoms with E-state index in [-0.39, 0.29) is 24.8 Å². The Bertz CT molecular complexity index is 38.6. The SMILES string of the molecule is C=CC.CCNCC.Cl.Cl. The van der Waals surface area contributed by atoms with Crippen LogP contribution in [0.5, 0.6) is 0 Å². The molecule has 0 aromatic rings. The van der Waals surface area contributed by atoms with Gasteiger partial charge in [-0.1, -0.05) is 19.9 Å². The lowest BCUT2D eigenvalue weighted by Gasteiger charge is -1.86. The molecular formula is C7H19Cl2N. The van der Waals surface area contributed by atoms with Gasteiger partial charge >= 0.3 is 0 Å². The second-order valence-electron chi connectivity index (χ2n) is 1.37. The molecule has 10 heavy (non-hydrogen) atoms. The van der Waals surface area contributed by atoms with Crippen LogP contribution in [-0.2, 0) is 0 Å². The van der Waals surface area contributed by atoms with Gasteiger partial charge in [-0.3, -0.25) is 0 Å². The number of hydrogen-bond acceptors (Lipinski definition) is 1. The fourth-order valence-corrected chi connectivity index (χ4v) is 0.250. The molecule has 3 heteroatoms. The van der Waals surface area contributed by atoms with E-state index < -0.39 is 0 Å². The summed E-state index contributed by atoms with van der Waals surface area (Å²) >= 11 is 0. The minimum atomic E-state index is 0. The van der Waals surface area contributed by atoms with E-state index in [1.165, 1.54) is 0 Å². The van der Waals surface area contributed by atoms with E-state index in [1.54, 1.807) is 6.08 Å². The van der Waals surface area contributed by atoms with Crippen molar-refractivity contribution in [3.05, 3.63) is 12.7 Å². The Morgan fingerprint density at radius 3 is 1.40 bits per heavy atom. The number of halogens is 2. The molecular weight excluding hydrogens is 169 g/mol. The minimum Gasteiger partial charge on any atom is -0.317 e. The molecule has 0 aliphatic heterocycles. The third-order valence-corrected chi connectivity index (χ3v) is 0.500. The molecule has 0 heterocycles. The van der Waals surface area contributed by atoms with Crippen LogP contribution in [-0.4, -0.2) is 13.1 Å². The molecule has 0 aromatic carbocycles. The lowest BCUT2D eigenvalue weighted by Crippen LogP contribution is -2.09. The molecule has 0 atom stereocenters. The van der Waals surface area contributed by atoms with Gasteiger partial charge in [0.2, 0.25) is 0 Å². The van der Waals surface area contributed by atoms with E-state index in [9.17, 15) is 0 Å². The Balaban J connectivity index is -0.0000000326. The van der Waals surface area contributed by atoms with Crippen LogP contribution < -0.4 is 5.32 Å². The van der Waals surface area contributed by atoms with E-state index >= 15 is 0 Å². The van der Waals surface area contributed by atoms with Crippen molar-refractivity contribution in [1.82, 2.24) is 5.32 Å². The van der Waals surface area contributed by atoms with Crippen molar-refractivity contribution in [3.8, 4) is 0 Å². The molecule has 0 aliphatic carbocycles. The van der Waals surface area contributed by atoms with Crippen LogP contribution in [0.1, 0.15) is 20.8 Å². The number of hydrogen-bond donors (Lipinski definition) is 1. The molecule has 0 saturated carbocycles. The minimum absolute atomic E-state index is 0. The molecule has 0 spiro atoms. The van der Waals surface area contributed by atoms with Gasteiger partial charge in [0.1, 0.15) is 0 Å². The topological polar surface area (TPSA) is 12.0 Å². The number of nitrogens with one attached hydrogen (secondary N) is 1. The quantitative estimate of drug-likeness (QED) is 0.657. The first-order valence-corrected chi connectivity index (χ1v) is 3.11. The van der Waals surface area contributed by atoms with Crippen molar-refractivity contribution in [2.45, 2.75) is 20.8 Å². The van der Waals surface area contributed by atoms with Crippen molar-refractivity contribution < 1.29 is 0 Å². The van der Waals surface area contributed by atoms with Crippen LogP contribution in [0.3, 0.4) is 0 Å². The van der Waals surface area contributed by atoms with Gasteiger partial charge < -0.3 is 5.32 Å². The molecule has 0 unspecified atom stereocenters. The van der Waals surface area contributed by atoms with E-state index in [1.807, 2.05) is 6.92 Å². The van der Waals surface area contributed by atoms with E-state index in [0.29, 0.717) is 0 Å². The monoisotopic (exact) mass is 187 g/mol. The highest BCUT2D eigenvalue weighted by atomic mass is 35.5. The standard InChI is InChI=1S/C4H11N.C3H6.2ClH/c1-3-5-4-2;1-3-2;;/h5H,3-4H2,1-2H3;3H,1H2,2H3;2*1H. The summed E-state index contributed by atoms with van der Waals surface area (Å²) in [5.74, 6) is 0. The largest absolute Gasteiger partial charge is 0.317 e. The van der Waals surface area contributed by atoms with Crippen LogP contribution in [0.15, 0.2) is 12.7 Å². The van der Waals surface area contributed by atoms with Crippen molar-refractivity contribution in [3.63, 3.8) is 0 Å². The normalized spacial score (nSPS) is 5.50. The fourth-order valence-electron chi connectivity index (χ4n) is 0.250. The maximum atomic E-state index is 3.36. The van der Waals surface area contributed by atoms with Gasteiger partial charge in [-0.15, -0.1) is 31.4 Å². The summed E-state index contributed by atoms with van der Waals surface area (Å²) in [4.78, 5) is 0. The van der Waals surface area contributed by atoms with Crippen molar-refractivity contribution in [1.29, 1.82) is 0 Å². The van der Waals surface area contributed by atoms with E-state index in [0.717, 1.165) is 13.1 Å². The summed E-state index contributed by atoms with van der Waals surface area (Å²) in [6.07, 6.45) is 1.75. The number of allylic oxidation sites excluding steroid dienone is 1. The molecule has 0 fully saturated rings. The molecule has 0 saturated heterocycles.